The maximum Gasteiger partial charge on any atom is 0.330 e. The van der Waals surface area contributed by atoms with Gasteiger partial charge in [0.05, 0.1) is 25.3 Å². The summed E-state index contributed by atoms with van der Waals surface area (Å²) in [6.45, 7) is 2.10. The molecule has 4 rings (SSSR count). The molecule has 0 spiro atoms. The van der Waals surface area contributed by atoms with Crippen molar-refractivity contribution in [3.63, 3.8) is 0 Å². The third kappa shape index (κ3) is 4.54. The van der Waals surface area contributed by atoms with Gasteiger partial charge in [-0.2, -0.15) is 0 Å². The first-order valence-electron chi connectivity index (χ1n) is 11.3. The molecule has 1 aliphatic heterocycles. The van der Waals surface area contributed by atoms with Crippen LogP contribution in [0.5, 0.6) is 5.75 Å². The van der Waals surface area contributed by atoms with Gasteiger partial charge in [0.1, 0.15) is 11.6 Å². The number of methoxy groups -OCH3 is 1. The summed E-state index contributed by atoms with van der Waals surface area (Å²) >= 11 is 0. The summed E-state index contributed by atoms with van der Waals surface area (Å²) in [6.07, 6.45) is -0.0190. The zero-order valence-electron chi connectivity index (χ0n) is 19.6. The first-order chi connectivity index (χ1) is 16.8. The predicted octanol–water partition coefficient (Wildman–Crippen LogP) is 1.58. The fourth-order valence-electron chi connectivity index (χ4n) is 4.36. The lowest BCUT2D eigenvalue weighted by Gasteiger charge is -2.26. The van der Waals surface area contributed by atoms with E-state index in [-0.39, 0.29) is 43.5 Å². The summed E-state index contributed by atoms with van der Waals surface area (Å²) < 4.78 is 6.59. The number of aromatic amines is 1. The molecule has 0 unspecified atom stereocenters. The monoisotopic (exact) mass is 477 g/mol. The first-order valence-corrected chi connectivity index (χ1v) is 11.3. The van der Waals surface area contributed by atoms with Crippen LogP contribution in [0, 0.1) is 5.92 Å². The van der Waals surface area contributed by atoms with Crippen LogP contribution in [-0.2, 0) is 16.1 Å². The van der Waals surface area contributed by atoms with Crippen molar-refractivity contribution in [1.29, 1.82) is 0 Å². The van der Waals surface area contributed by atoms with Crippen molar-refractivity contribution in [2.75, 3.05) is 35.7 Å². The Morgan fingerprint density at radius 2 is 1.80 bits per heavy atom. The highest BCUT2D eigenvalue weighted by molar-refractivity contribution is 6.05. The second-order valence-corrected chi connectivity index (χ2v) is 8.22. The number of carbonyl (C=O) groups is 2. The number of aromatic nitrogens is 2. The lowest BCUT2D eigenvalue weighted by atomic mass is 10.1. The van der Waals surface area contributed by atoms with Crippen LogP contribution in [-0.4, -0.2) is 41.6 Å². The van der Waals surface area contributed by atoms with E-state index in [2.05, 4.69) is 4.98 Å². The van der Waals surface area contributed by atoms with E-state index < -0.39 is 23.1 Å². The maximum absolute atomic E-state index is 13.5. The Hall–Kier alpha value is -4.34. The molecular weight excluding hydrogens is 450 g/mol. The van der Waals surface area contributed by atoms with Crippen molar-refractivity contribution in [2.45, 2.75) is 19.9 Å². The predicted molar refractivity (Wildman–Crippen MR) is 133 cm³/mol. The second kappa shape index (κ2) is 9.88. The highest BCUT2D eigenvalue weighted by Crippen LogP contribution is 2.34. The Morgan fingerprint density at radius 1 is 1.11 bits per heavy atom. The number of hydrogen-bond acceptors (Lipinski definition) is 6. The number of nitrogens with zero attached hydrogens (tertiary/aromatic N) is 3. The van der Waals surface area contributed by atoms with E-state index in [1.807, 2.05) is 30.3 Å². The third-order valence-corrected chi connectivity index (χ3v) is 6.10. The number of para-hydroxylation sites is 2. The summed E-state index contributed by atoms with van der Waals surface area (Å²) in [7, 11) is 1.51. The van der Waals surface area contributed by atoms with Crippen molar-refractivity contribution in [3.8, 4) is 5.75 Å². The van der Waals surface area contributed by atoms with Crippen LogP contribution in [0.2, 0.25) is 0 Å². The van der Waals surface area contributed by atoms with Crippen LogP contribution in [0.1, 0.15) is 18.9 Å². The molecule has 10 heteroatoms. The van der Waals surface area contributed by atoms with Crippen molar-refractivity contribution in [1.82, 2.24) is 9.55 Å². The molecule has 1 aliphatic rings. The van der Waals surface area contributed by atoms with Gasteiger partial charge >= 0.3 is 5.69 Å². The fraction of sp³-hybridized carbons (Fsp3) is 0.280. The summed E-state index contributed by atoms with van der Waals surface area (Å²) in [6, 6.07) is 16.2. The van der Waals surface area contributed by atoms with Gasteiger partial charge in [-0.25, -0.2) is 4.79 Å². The molecule has 0 saturated carbocycles. The van der Waals surface area contributed by atoms with Crippen LogP contribution in [0.15, 0.2) is 64.2 Å². The van der Waals surface area contributed by atoms with Gasteiger partial charge in [0.25, 0.3) is 5.56 Å². The van der Waals surface area contributed by atoms with E-state index >= 15 is 0 Å². The number of hydrogen-bond donors (Lipinski definition) is 2. The minimum Gasteiger partial charge on any atom is -0.495 e. The van der Waals surface area contributed by atoms with Crippen LogP contribution in [0.4, 0.5) is 17.2 Å². The molecule has 2 heterocycles. The quantitative estimate of drug-likeness (QED) is 0.531. The summed E-state index contributed by atoms with van der Waals surface area (Å²) in [5.41, 5.74) is 6.15. The highest BCUT2D eigenvalue weighted by Gasteiger charge is 2.39. The van der Waals surface area contributed by atoms with E-state index in [1.54, 1.807) is 31.2 Å². The second-order valence-electron chi connectivity index (χ2n) is 8.22. The van der Waals surface area contributed by atoms with Crippen molar-refractivity contribution in [2.24, 2.45) is 5.92 Å². The van der Waals surface area contributed by atoms with Crippen LogP contribution < -0.4 is 31.5 Å². The lowest BCUT2D eigenvalue weighted by Crippen LogP contribution is -2.44. The van der Waals surface area contributed by atoms with Crippen LogP contribution in [0.25, 0.3) is 0 Å². The Labute approximate surface area is 201 Å². The number of amides is 2. The van der Waals surface area contributed by atoms with Gasteiger partial charge in [0.2, 0.25) is 11.8 Å². The zero-order valence-corrected chi connectivity index (χ0v) is 19.6. The minimum atomic E-state index is -0.752. The van der Waals surface area contributed by atoms with E-state index in [0.29, 0.717) is 11.4 Å². The highest BCUT2D eigenvalue weighted by atomic mass is 16.5. The number of benzene rings is 2. The first kappa shape index (κ1) is 23.8. The minimum absolute atomic E-state index is 0.0190. The Kier molecular flexibility index (Phi) is 6.72. The van der Waals surface area contributed by atoms with Gasteiger partial charge in [0.15, 0.2) is 5.69 Å². The normalized spacial score (nSPS) is 15.3. The number of H-pyrrole nitrogens is 1. The van der Waals surface area contributed by atoms with E-state index in [1.165, 1.54) is 21.5 Å². The zero-order chi connectivity index (χ0) is 25.1. The number of anilines is 3. The smallest absolute Gasteiger partial charge is 0.330 e. The van der Waals surface area contributed by atoms with Gasteiger partial charge in [-0.05, 0) is 24.6 Å². The number of rotatable bonds is 7. The maximum atomic E-state index is 13.5. The average molecular weight is 478 g/mol. The molecule has 1 saturated heterocycles. The van der Waals surface area contributed by atoms with E-state index in [0.717, 1.165) is 5.56 Å². The number of nitrogens with two attached hydrogens (primary N) is 1. The van der Waals surface area contributed by atoms with E-state index in [4.69, 9.17) is 10.5 Å². The molecule has 182 valence electrons. The molecule has 3 N–H and O–H groups in total. The summed E-state index contributed by atoms with van der Waals surface area (Å²) in [4.78, 5) is 56.7. The molecule has 35 heavy (non-hydrogen) atoms. The molecule has 0 bridgehead atoms. The molecule has 2 aromatic carbocycles. The molecule has 1 fully saturated rings. The Morgan fingerprint density at radius 3 is 2.49 bits per heavy atom. The average Bonchev–Trinajstić information content (AvgIpc) is 3.25. The van der Waals surface area contributed by atoms with Gasteiger partial charge in [-0.1, -0.05) is 42.5 Å². The topological polar surface area (TPSA) is 131 Å². The lowest BCUT2D eigenvalue weighted by molar-refractivity contribution is -0.124. The molecule has 1 aromatic heterocycles. The molecular formula is C25H27N5O5. The summed E-state index contributed by atoms with van der Waals surface area (Å²) in [5.74, 6) is -0.917. The van der Waals surface area contributed by atoms with Crippen molar-refractivity contribution < 1.29 is 14.3 Å². The Balaban J connectivity index is 1.65. The summed E-state index contributed by atoms with van der Waals surface area (Å²) in [5, 5.41) is 0. The number of ether oxygens (including phenoxy) is 1. The molecule has 0 aliphatic carbocycles. The Bertz CT molecular complexity index is 1360. The molecule has 0 radical (unpaired) electrons. The van der Waals surface area contributed by atoms with E-state index in [9.17, 15) is 19.2 Å². The standard InChI is InChI=1S/C25H27N5O5/c1-3-28(21-22(26)30(25(34)27-23(21)32)14-16-9-5-4-6-10-16)24(33)17-13-20(31)29(15-17)18-11-7-8-12-19(18)35-2/h4-12,17H,3,13-15,26H2,1-2H3,(H,27,32,34)/t17-/m0/s1. The fourth-order valence-corrected chi connectivity index (χ4v) is 4.36. The molecule has 2 amide bonds. The number of carbonyl (C=O) groups excluding carboxylic acids is 2. The number of nitrogens with one attached hydrogen (secondary N) is 1. The van der Waals surface area contributed by atoms with Crippen molar-refractivity contribution in [3.05, 3.63) is 81.0 Å². The van der Waals surface area contributed by atoms with Gasteiger partial charge in [-0.15, -0.1) is 0 Å². The van der Waals surface area contributed by atoms with Crippen LogP contribution >= 0.6 is 0 Å². The molecule has 1 atom stereocenters. The van der Waals surface area contributed by atoms with Gasteiger partial charge < -0.3 is 20.3 Å². The molecule has 10 nitrogen and oxygen atoms in total. The van der Waals surface area contributed by atoms with Crippen molar-refractivity contribution >= 4 is 29.0 Å². The van der Waals surface area contributed by atoms with Gasteiger partial charge in [0, 0.05) is 19.5 Å². The van der Waals surface area contributed by atoms with Gasteiger partial charge in [-0.3, -0.25) is 23.9 Å². The SMILES string of the molecule is CCN(C(=O)[C@H]1CC(=O)N(c2ccccc2OC)C1)c1c(N)n(Cc2ccccc2)c(=O)[nH]c1=O. The third-order valence-electron chi connectivity index (χ3n) is 6.10. The molecule has 3 aromatic rings. The number of nitrogen functional groups attached to an aromatic ring is 1. The largest absolute Gasteiger partial charge is 0.495 e. The van der Waals surface area contributed by atoms with Crippen LogP contribution in [0.3, 0.4) is 0 Å².